The van der Waals surface area contributed by atoms with E-state index in [9.17, 15) is 0 Å². The third kappa shape index (κ3) is 6.30. The summed E-state index contributed by atoms with van der Waals surface area (Å²) in [4.78, 5) is 4.94. The Morgan fingerprint density at radius 3 is 2.59 bits per heavy atom. The van der Waals surface area contributed by atoms with Crippen LogP contribution in [0.25, 0.3) is 16.5 Å². The van der Waals surface area contributed by atoms with Crippen LogP contribution < -0.4 is 11.1 Å². The largest absolute Gasteiger partial charge is 0.399 e. The molecule has 0 bridgehead atoms. The van der Waals surface area contributed by atoms with Crippen LogP contribution in [0.5, 0.6) is 0 Å². The van der Waals surface area contributed by atoms with Gasteiger partial charge in [-0.25, -0.2) is 0 Å². The van der Waals surface area contributed by atoms with Gasteiger partial charge in [0.1, 0.15) is 0 Å². The summed E-state index contributed by atoms with van der Waals surface area (Å²) in [6, 6.07) is 5.04. The summed E-state index contributed by atoms with van der Waals surface area (Å²) in [5.41, 5.74) is 11.1. The first-order valence-electron chi connectivity index (χ1n) is 13.2. The van der Waals surface area contributed by atoms with E-state index >= 15 is 0 Å². The highest BCUT2D eigenvalue weighted by Gasteiger charge is 2.23. The molecule has 1 aromatic heterocycles. The number of benzene rings is 1. The first kappa shape index (κ1) is 26.0. The Labute approximate surface area is 207 Å². The van der Waals surface area contributed by atoms with Gasteiger partial charge in [0, 0.05) is 45.9 Å². The molecule has 3 nitrogen and oxygen atoms in total. The number of nitrogens with one attached hydrogen (secondary N) is 1. The Morgan fingerprint density at radius 2 is 1.88 bits per heavy atom. The highest BCUT2D eigenvalue weighted by atomic mass is 14.9. The first-order chi connectivity index (χ1) is 16.6. The van der Waals surface area contributed by atoms with Crippen molar-refractivity contribution >= 4 is 16.5 Å². The number of rotatable bonds is 5. The molecule has 0 radical (unpaired) electrons. The minimum absolute atomic E-state index is 0.524. The van der Waals surface area contributed by atoms with Crippen LogP contribution in [0.2, 0.25) is 0 Å². The molecule has 1 saturated heterocycles. The number of hydrogen-bond donors (Lipinski definition) is 2. The molecular weight excluding hydrogens is 414 g/mol. The molecule has 0 spiro atoms. The summed E-state index contributed by atoms with van der Waals surface area (Å²) in [6.07, 6.45) is 14.5. The van der Waals surface area contributed by atoms with Crippen molar-refractivity contribution in [2.24, 2.45) is 17.6 Å². The smallest absolute Gasteiger partial charge is 0.0507 e. The summed E-state index contributed by atoms with van der Waals surface area (Å²) in [6.45, 7) is 15.6. The van der Waals surface area contributed by atoms with E-state index in [-0.39, 0.29) is 0 Å². The van der Waals surface area contributed by atoms with Gasteiger partial charge < -0.3 is 11.1 Å². The fourth-order valence-corrected chi connectivity index (χ4v) is 5.66. The molecule has 2 unspecified atom stereocenters. The zero-order valence-electron chi connectivity index (χ0n) is 21.4. The minimum atomic E-state index is 0.524. The maximum Gasteiger partial charge on any atom is 0.0507 e. The van der Waals surface area contributed by atoms with Gasteiger partial charge >= 0.3 is 0 Å². The molecule has 3 heteroatoms. The standard InChI is InChI=1S/C29H39N3.C2H4/c1-4-23-11-8-16-31-28(23)14-15-29-27-17-20(2)25(21(3)30)18-26(27)24(19-32-29)13-12-22-9-6-5-7-10-22;1-2/h17-19,22-23,28,31H,3-11,14-16,30H2,1-2H3;1-2H2. The van der Waals surface area contributed by atoms with Crippen molar-refractivity contribution < 1.29 is 0 Å². The van der Waals surface area contributed by atoms with Crippen LogP contribution in [0.15, 0.2) is 38.1 Å². The molecule has 1 aliphatic heterocycles. The van der Waals surface area contributed by atoms with E-state index in [4.69, 9.17) is 10.7 Å². The molecule has 2 aromatic rings. The molecule has 1 aliphatic carbocycles. The van der Waals surface area contributed by atoms with Crippen LogP contribution >= 0.6 is 0 Å². The van der Waals surface area contributed by atoms with Crippen molar-refractivity contribution in [3.8, 4) is 11.8 Å². The van der Waals surface area contributed by atoms with Gasteiger partial charge in [-0.15, -0.1) is 13.2 Å². The Bertz CT molecular complexity index is 1040. The molecule has 3 N–H and O–H groups in total. The van der Waals surface area contributed by atoms with E-state index < -0.39 is 0 Å². The lowest BCUT2D eigenvalue weighted by Gasteiger charge is -2.32. The normalized spacial score (nSPS) is 20.6. The number of fused-ring (bicyclic) bond motifs is 1. The van der Waals surface area contributed by atoms with Crippen LogP contribution in [0.3, 0.4) is 0 Å². The highest BCUT2D eigenvalue weighted by molar-refractivity contribution is 5.93. The molecule has 2 atom stereocenters. The number of hydrogen-bond acceptors (Lipinski definition) is 3. The van der Waals surface area contributed by atoms with Gasteiger partial charge in [0.2, 0.25) is 0 Å². The maximum atomic E-state index is 6.12. The summed E-state index contributed by atoms with van der Waals surface area (Å²) in [5, 5.41) is 6.17. The summed E-state index contributed by atoms with van der Waals surface area (Å²) < 4.78 is 0. The van der Waals surface area contributed by atoms with Gasteiger partial charge in [0.15, 0.2) is 0 Å². The number of aromatic nitrogens is 1. The summed E-state index contributed by atoms with van der Waals surface area (Å²) in [7, 11) is 0. The van der Waals surface area contributed by atoms with E-state index in [1.54, 1.807) is 0 Å². The zero-order chi connectivity index (χ0) is 24.5. The predicted octanol–water partition coefficient (Wildman–Crippen LogP) is 6.92. The second kappa shape index (κ2) is 12.8. The lowest BCUT2D eigenvalue weighted by atomic mass is 9.85. The van der Waals surface area contributed by atoms with Crippen molar-refractivity contribution in [2.45, 2.75) is 84.1 Å². The zero-order valence-corrected chi connectivity index (χ0v) is 21.4. The third-order valence-electron chi connectivity index (χ3n) is 7.62. The topological polar surface area (TPSA) is 50.9 Å². The maximum absolute atomic E-state index is 6.12. The van der Waals surface area contributed by atoms with Gasteiger partial charge in [0.05, 0.1) is 5.56 Å². The fourth-order valence-electron chi connectivity index (χ4n) is 5.66. The number of piperidine rings is 1. The molecule has 2 aliphatic rings. The van der Waals surface area contributed by atoms with E-state index in [1.165, 1.54) is 67.8 Å². The fraction of sp³-hybridized carbons (Fsp3) is 0.516. The Morgan fingerprint density at radius 1 is 1.12 bits per heavy atom. The molecule has 182 valence electrons. The number of pyridine rings is 1. The molecule has 4 rings (SSSR count). The average Bonchev–Trinajstić information content (AvgIpc) is 2.88. The quantitative estimate of drug-likeness (QED) is 0.378. The van der Waals surface area contributed by atoms with E-state index in [1.807, 2.05) is 6.20 Å². The molecule has 34 heavy (non-hydrogen) atoms. The van der Waals surface area contributed by atoms with E-state index in [2.05, 4.69) is 62.9 Å². The monoisotopic (exact) mass is 457 g/mol. The molecule has 2 heterocycles. The van der Waals surface area contributed by atoms with Crippen LogP contribution in [0, 0.1) is 30.6 Å². The molecule has 0 amide bonds. The number of aryl methyl sites for hydroxylation is 2. The van der Waals surface area contributed by atoms with Crippen molar-refractivity contribution in [1.82, 2.24) is 10.3 Å². The molecular formula is C31H43N3. The Balaban J connectivity index is 0.00000158. The third-order valence-corrected chi connectivity index (χ3v) is 7.62. The van der Waals surface area contributed by atoms with E-state index in [0.29, 0.717) is 17.7 Å². The SMILES string of the molecule is C=C.C=C(N)c1cc2c(C#CC3CCCCC3)cnc(CCC3NCCCC3CC)c2cc1C. The second-order valence-corrected chi connectivity index (χ2v) is 9.87. The van der Waals surface area contributed by atoms with Crippen molar-refractivity contribution in [3.05, 3.63) is 60.5 Å². The number of nitrogens with two attached hydrogens (primary N) is 1. The number of nitrogens with zero attached hydrogens (tertiary/aromatic N) is 1. The van der Waals surface area contributed by atoms with Gasteiger partial charge in [0.25, 0.3) is 0 Å². The average molecular weight is 458 g/mol. The van der Waals surface area contributed by atoms with Crippen LogP contribution in [-0.2, 0) is 6.42 Å². The minimum Gasteiger partial charge on any atom is -0.399 e. The Kier molecular flexibility index (Phi) is 9.78. The molecule has 2 fully saturated rings. The lowest BCUT2D eigenvalue weighted by Crippen LogP contribution is -2.41. The second-order valence-electron chi connectivity index (χ2n) is 9.87. The molecule has 1 aromatic carbocycles. The van der Waals surface area contributed by atoms with Crippen molar-refractivity contribution in [3.63, 3.8) is 0 Å². The van der Waals surface area contributed by atoms with Gasteiger partial charge in [-0.1, -0.05) is 51.0 Å². The predicted molar refractivity (Wildman–Crippen MR) is 148 cm³/mol. The Hall–Kier alpha value is -2.57. The molecule has 1 saturated carbocycles. The van der Waals surface area contributed by atoms with Crippen LogP contribution in [0.4, 0.5) is 0 Å². The van der Waals surface area contributed by atoms with E-state index in [0.717, 1.165) is 42.0 Å². The van der Waals surface area contributed by atoms with Crippen molar-refractivity contribution in [2.75, 3.05) is 6.54 Å². The highest BCUT2D eigenvalue weighted by Crippen LogP contribution is 2.30. The van der Waals surface area contributed by atoms with Gasteiger partial charge in [-0.3, -0.25) is 4.98 Å². The summed E-state index contributed by atoms with van der Waals surface area (Å²) in [5.74, 6) is 8.36. The van der Waals surface area contributed by atoms with Gasteiger partial charge in [-0.05, 0) is 75.6 Å². The van der Waals surface area contributed by atoms with Crippen molar-refractivity contribution in [1.29, 1.82) is 0 Å². The lowest BCUT2D eigenvalue weighted by molar-refractivity contribution is 0.260. The van der Waals surface area contributed by atoms with Crippen LogP contribution in [-0.4, -0.2) is 17.6 Å². The first-order valence-corrected chi connectivity index (χ1v) is 13.2. The van der Waals surface area contributed by atoms with Gasteiger partial charge in [-0.2, -0.15) is 0 Å². The summed E-state index contributed by atoms with van der Waals surface area (Å²) >= 11 is 0. The van der Waals surface area contributed by atoms with Crippen LogP contribution in [0.1, 0.15) is 87.1 Å².